The average Bonchev–Trinajstić information content (AvgIpc) is 3.07. The molecule has 0 radical (unpaired) electrons. The second-order valence-electron chi connectivity index (χ2n) is 4.40. The summed E-state index contributed by atoms with van der Waals surface area (Å²) in [6.45, 7) is 2.68. The lowest BCUT2D eigenvalue weighted by Gasteiger charge is -2.13. The minimum Gasteiger partial charge on any atom is -0.386 e. The number of nitrogens with zero attached hydrogens (tertiary/aromatic N) is 2. The van der Waals surface area contributed by atoms with Gasteiger partial charge in [-0.15, -0.1) is 11.3 Å². The van der Waals surface area contributed by atoms with E-state index >= 15 is 0 Å². The highest BCUT2D eigenvalue weighted by Gasteiger charge is 2.11. The summed E-state index contributed by atoms with van der Waals surface area (Å²) in [5.74, 6) is 1.30. The molecule has 0 bridgehead atoms. The lowest BCUT2D eigenvalue weighted by molar-refractivity contribution is 0.184. The van der Waals surface area contributed by atoms with Gasteiger partial charge in [0.15, 0.2) is 11.7 Å². The van der Waals surface area contributed by atoms with Crippen molar-refractivity contribution in [3.05, 3.63) is 38.9 Å². The monoisotopic (exact) mass is 328 g/mol. The van der Waals surface area contributed by atoms with Crippen LogP contribution in [0.5, 0.6) is 0 Å². The van der Waals surface area contributed by atoms with Crippen LogP contribution in [0.25, 0.3) is 0 Å². The predicted molar refractivity (Wildman–Crippen MR) is 83.7 cm³/mol. The van der Waals surface area contributed by atoms with Gasteiger partial charge in [0.25, 0.3) is 0 Å². The first-order chi connectivity index (χ1) is 10.1. The van der Waals surface area contributed by atoms with Crippen LogP contribution in [-0.2, 0) is 6.54 Å². The number of aliphatic hydroxyl groups excluding tert-OH is 1. The van der Waals surface area contributed by atoms with Crippen molar-refractivity contribution in [1.82, 2.24) is 15.8 Å². The summed E-state index contributed by atoms with van der Waals surface area (Å²) < 4.78 is 5.76. The number of aliphatic hydroxyl groups is 1. The summed E-state index contributed by atoms with van der Waals surface area (Å²) in [5.41, 5.74) is 0.833. The van der Waals surface area contributed by atoms with Crippen molar-refractivity contribution in [3.63, 3.8) is 0 Å². The number of hydrogen-bond acceptors (Lipinski definition) is 5. The van der Waals surface area contributed by atoms with Crippen molar-refractivity contribution in [2.75, 3.05) is 13.6 Å². The fourth-order valence-corrected chi connectivity index (χ4v) is 2.74. The van der Waals surface area contributed by atoms with Crippen molar-refractivity contribution in [2.24, 2.45) is 4.99 Å². The largest absolute Gasteiger partial charge is 0.386 e. The van der Waals surface area contributed by atoms with Crippen LogP contribution < -0.4 is 10.6 Å². The third-order valence-corrected chi connectivity index (χ3v) is 4.05. The van der Waals surface area contributed by atoms with Gasteiger partial charge < -0.3 is 20.3 Å². The first kappa shape index (κ1) is 15.8. The Morgan fingerprint density at radius 2 is 2.33 bits per heavy atom. The molecule has 1 atom stereocenters. The minimum absolute atomic E-state index is 0.339. The molecule has 0 amide bonds. The molecule has 0 aliphatic heterocycles. The van der Waals surface area contributed by atoms with Crippen LogP contribution in [0, 0.1) is 6.92 Å². The Hall–Kier alpha value is -1.57. The average molecular weight is 329 g/mol. The standard InChI is InChI=1S/C13H17ClN4O2S/c1-8-5-9(20-18-8)6-16-13(15-2)17-7-10(19)11-3-4-12(14)21-11/h3-5,10,19H,6-7H2,1-2H3,(H2,15,16,17). The van der Waals surface area contributed by atoms with Gasteiger partial charge in [-0.2, -0.15) is 0 Å². The minimum atomic E-state index is -0.631. The molecule has 0 saturated heterocycles. The molecular formula is C13H17ClN4O2S. The van der Waals surface area contributed by atoms with E-state index in [9.17, 15) is 5.11 Å². The molecule has 2 rings (SSSR count). The molecule has 0 saturated carbocycles. The smallest absolute Gasteiger partial charge is 0.191 e. The van der Waals surface area contributed by atoms with Crippen LogP contribution in [-0.4, -0.2) is 29.8 Å². The number of halogens is 1. The van der Waals surface area contributed by atoms with Gasteiger partial charge in [0.1, 0.15) is 6.10 Å². The van der Waals surface area contributed by atoms with Crippen LogP contribution in [0.4, 0.5) is 0 Å². The molecule has 0 spiro atoms. The molecule has 0 fully saturated rings. The Bertz CT molecular complexity index is 611. The first-order valence-corrected chi connectivity index (χ1v) is 7.58. The van der Waals surface area contributed by atoms with Gasteiger partial charge in [-0.1, -0.05) is 16.8 Å². The Morgan fingerprint density at radius 1 is 1.52 bits per heavy atom. The maximum atomic E-state index is 10.0. The molecule has 2 heterocycles. The fourth-order valence-electron chi connectivity index (χ4n) is 1.69. The molecule has 2 aromatic heterocycles. The molecule has 0 aromatic carbocycles. The lowest BCUT2D eigenvalue weighted by Crippen LogP contribution is -2.38. The summed E-state index contributed by atoms with van der Waals surface area (Å²) in [6, 6.07) is 5.43. The molecule has 0 aliphatic rings. The van der Waals surface area contributed by atoms with E-state index in [4.69, 9.17) is 16.1 Å². The summed E-state index contributed by atoms with van der Waals surface area (Å²) >= 11 is 7.21. The van der Waals surface area contributed by atoms with Gasteiger partial charge in [-0.05, 0) is 19.1 Å². The van der Waals surface area contributed by atoms with Gasteiger partial charge in [-0.3, -0.25) is 4.99 Å². The highest BCUT2D eigenvalue weighted by Crippen LogP contribution is 2.26. The molecule has 114 valence electrons. The maximum Gasteiger partial charge on any atom is 0.191 e. The number of aromatic nitrogens is 1. The zero-order chi connectivity index (χ0) is 15.2. The Balaban J connectivity index is 1.80. The van der Waals surface area contributed by atoms with Gasteiger partial charge in [0, 0.05) is 24.5 Å². The van der Waals surface area contributed by atoms with Crippen molar-refractivity contribution >= 4 is 28.9 Å². The summed E-state index contributed by atoms with van der Waals surface area (Å²) in [7, 11) is 1.66. The number of thiophene rings is 1. The van der Waals surface area contributed by atoms with Crippen molar-refractivity contribution in [1.29, 1.82) is 0 Å². The number of guanidine groups is 1. The van der Waals surface area contributed by atoms with Crippen LogP contribution in [0.3, 0.4) is 0 Å². The maximum absolute atomic E-state index is 10.0. The SMILES string of the molecule is CN=C(NCc1cc(C)no1)NCC(O)c1ccc(Cl)s1. The Kier molecular flexibility index (Phi) is 5.60. The first-order valence-electron chi connectivity index (χ1n) is 6.38. The third kappa shape index (κ3) is 4.73. The van der Waals surface area contributed by atoms with Crippen LogP contribution >= 0.6 is 22.9 Å². The summed E-state index contributed by atoms with van der Waals surface area (Å²) in [4.78, 5) is 4.89. The van der Waals surface area contributed by atoms with Gasteiger partial charge in [-0.25, -0.2) is 0 Å². The van der Waals surface area contributed by atoms with E-state index in [0.717, 1.165) is 16.3 Å². The number of hydrogen-bond donors (Lipinski definition) is 3. The van der Waals surface area contributed by atoms with E-state index in [1.165, 1.54) is 11.3 Å². The number of aryl methyl sites for hydroxylation is 1. The zero-order valence-electron chi connectivity index (χ0n) is 11.8. The molecule has 2 aromatic rings. The highest BCUT2D eigenvalue weighted by atomic mass is 35.5. The number of nitrogens with one attached hydrogen (secondary N) is 2. The zero-order valence-corrected chi connectivity index (χ0v) is 13.3. The van der Waals surface area contributed by atoms with Crippen molar-refractivity contribution in [3.8, 4) is 0 Å². The van der Waals surface area contributed by atoms with Crippen molar-refractivity contribution < 1.29 is 9.63 Å². The molecule has 8 heteroatoms. The quantitative estimate of drug-likeness (QED) is 0.578. The van der Waals surface area contributed by atoms with Gasteiger partial charge >= 0.3 is 0 Å². The molecule has 0 aliphatic carbocycles. The normalized spacial score (nSPS) is 13.2. The molecular weight excluding hydrogens is 312 g/mol. The van der Waals surface area contributed by atoms with E-state index in [1.807, 2.05) is 19.1 Å². The topological polar surface area (TPSA) is 82.7 Å². The highest BCUT2D eigenvalue weighted by molar-refractivity contribution is 7.16. The molecule has 6 nitrogen and oxygen atoms in total. The second kappa shape index (κ2) is 7.44. The number of rotatable bonds is 5. The van der Waals surface area contributed by atoms with Crippen LogP contribution in [0.2, 0.25) is 4.34 Å². The summed E-state index contributed by atoms with van der Waals surface area (Å²) in [6.07, 6.45) is -0.631. The Morgan fingerprint density at radius 3 is 2.90 bits per heavy atom. The lowest BCUT2D eigenvalue weighted by atomic mass is 10.3. The van der Waals surface area contributed by atoms with Crippen LogP contribution in [0.15, 0.2) is 27.7 Å². The van der Waals surface area contributed by atoms with E-state index in [2.05, 4.69) is 20.8 Å². The third-order valence-electron chi connectivity index (χ3n) is 2.72. The van der Waals surface area contributed by atoms with Gasteiger partial charge in [0.2, 0.25) is 0 Å². The molecule has 1 unspecified atom stereocenters. The summed E-state index contributed by atoms with van der Waals surface area (Å²) in [5, 5.41) is 20.0. The van der Waals surface area contributed by atoms with E-state index in [1.54, 1.807) is 13.1 Å². The van der Waals surface area contributed by atoms with E-state index in [0.29, 0.717) is 23.4 Å². The van der Waals surface area contributed by atoms with Crippen molar-refractivity contribution in [2.45, 2.75) is 19.6 Å². The van der Waals surface area contributed by atoms with E-state index in [-0.39, 0.29) is 0 Å². The molecule has 21 heavy (non-hydrogen) atoms. The van der Waals surface area contributed by atoms with E-state index < -0.39 is 6.10 Å². The van der Waals surface area contributed by atoms with Gasteiger partial charge in [0.05, 0.1) is 16.6 Å². The molecule has 3 N–H and O–H groups in total. The fraction of sp³-hybridized carbons (Fsp3) is 0.385. The predicted octanol–water partition coefficient (Wildman–Crippen LogP) is 2.10. The van der Waals surface area contributed by atoms with Crippen LogP contribution in [0.1, 0.15) is 22.4 Å². The second-order valence-corrected chi connectivity index (χ2v) is 6.15. The number of aliphatic imine (C=N–C) groups is 1. The Labute approximate surface area is 131 Å².